The maximum atomic E-state index is 12.9. The third kappa shape index (κ3) is 2.52. The van der Waals surface area contributed by atoms with E-state index in [1.165, 1.54) is 0 Å². The lowest BCUT2D eigenvalue weighted by Gasteiger charge is -2.23. The molecule has 122 valence electrons. The van der Waals surface area contributed by atoms with Gasteiger partial charge in [0.05, 0.1) is 24.2 Å². The summed E-state index contributed by atoms with van der Waals surface area (Å²) in [5, 5.41) is 0. The van der Waals surface area contributed by atoms with Gasteiger partial charge in [0.15, 0.2) is 0 Å². The lowest BCUT2D eigenvalue weighted by atomic mass is 10.1. The molecule has 0 unspecified atom stereocenters. The number of nitrogens with one attached hydrogen (secondary N) is 1. The molecule has 1 aliphatic heterocycles. The van der Waals surface area contributed by atoms with Crippen molar-refractivity contribution in [2.75, 3.05) is 13.7 Å². The molecule has 4 rings (SSSR count). The number of methoxy groups -OCH3 is 1. The van der Waals surface area contributed by atoms with Crippen molar-refractivity contribution in [1.29, 1.82) is 0 Å². The lowest BCUT2D eigenvalue weighted by Crippen LogP contribution is -2.31. The van der Waals surface area contributed by atoms with Gasteiger partial charge in [0.2, 0.25) is 0 Å². The molecule has 1 aromatic heterocycles. The molecule has 2 heterocycles. The van der Waals surface area contributed by atoms with E-state index in [0.29, 0.717) is 11.3 Å². The number of ether oxygens (including phenoxy) is 1. The van der Waals surface area contributed by atoms with Gasteiger partial charge in [-0.2, -0.15) is 0 Å². The van der Waals surface area contributed by atoms with E-state index in [1.807, 2.05) is 47.4 Å². The average molecular weight is 321 g/mol. The van der Waals surface area contributed by atoms with Crippen molar-refractivity contribution < 1.29 is 9.53 Å². The molecule has 0 radical (unpaired) electrons. The van der Waals surface area contributed by atoms with Crippen LogP contribution in [0.15, 0.2) is 48.5 Å². The SMILES string of the molecule is COc1cccc(C(=O)N2CCC[C@@H]2c2nc3ccccc3[nH]2)c1. The second-order valence-corrected chi connectivity index (χ2v) is 6.03. The Hall–Kier alpha value is -2.82. The quantitative estimate of drug-likeness (QED) is 0.802. The molecule has 3 aromatic rings. The third-order valence-electron chi connectivity index (χ3n) is 4.55. The van der Waals surface area contributed by atoms with Crippen LogP contribution in [-0.2, 0) is 0 Å². The van der Waals surface area contributed by atoms with Gasteiger partial charge in [-0.3, -0.25) is 4.79 Å². The highest BCUT2D eigenvalue weighted by Gasteiger charge is 2.32. The second-order valence-electron chi connectivity index (χ2n) is 6.03. The van der Waals surface area contributed by atoms with Gasteiger partial charge in [-0.25, -0.2) is 4.98 Å². The predicted octanol–water partition coefficient (Wildman–Crippen LogP) is 3.55. The van der Waals surface area contributed by atoms with Crippen LogP contribution in [0.25, 0.3) is 11.0 Å². The Balaban J connectivity index is 1.65. The van der Waals surface area contributed by atoms with Crippen LogP contribution in [0.3, 0.4) is 0 Å². The fraction of sp³-hybridized carbons (Fsp3) is 0.263. The van der Waals surface area contributed by atoms with Crippen LogP contribution in [-0.4, -0.2) is 34.4 Å². The van der Waals surface area contributed by atoms with E-state index in [0.717, 1.165) is 36.2 Å². The van der Waals surface area contributed by atoms with Gasteiger partial charge in [0.1, 0.15) is 11.6 Å². The number of aromatic nitrogens is 2. The Kier molecular flexibility index (Phi) is 3.69. The molecular weight excluding hydrogens is 302 g/mol. The van der Waals surface area contributed by atoms with E-state index in [4.69, 9.17) is 4.74 Å². The van der Waals surface area contributed by atoms with Gasteiger partial charge >= 0.3 is 0 Å². The van der Waals surface area contributed by atoms with Gasteiger partial charge in [-0.15, -0.1) is 0 Å². The highest BCUT2D eigenvalue weighted by molar-refractivity contribution is 5.95. The number of rotatable bonds is 3. The molecule has 0 bridgehead atoms. The Labute approximate surface area is 140 Å². The molecule has 1 N–H and O–H groups in total. The van der Waals surface area contributed by atoms with E-state index < -0.39 is 0 Å². The fourth-order valence-corrected chi connectivity index (χ4v) is 3.35. The number of fused-ring (bicyclic) bond motifs is 1. The van der Waals surface area contributed by atoms with Crippen molar-refractivity contribution >= 4 is 16.9 Å². The first-order valence-corrected chi connectivity index (χ1v) is 8.16. The molecule has 0 aliphatic carbocycles. The number of hydrogen-bond acceptors (Lipinski definition) is 3. The number of hydrogen-bond donors (Lipinski definition) is 1. The first kappa shape index (κ1) is 14.8. The Morgan fingerprint density at radius 3 is 2.96 bits per heavy atom. The molecule has 1 amide bonds. The summed E-state index contributed by atoms with van der Waals surface area (Å²) in [7, 11) is 1.61. The lowest BCUT2D eigenvalue weighted by molar-refractivity contribution is 0.0730. The topological polar surface area (TPSA) is 58.2 Å². The van der Waals surface area contributed by atoms with Crippen molar-refractivity contribution in [1.82, 2.24) is 14.9 Å². The minimum atomic E-state index is -0.00361. The van der Waals surface area contributed by atoms with Crippen LogP contribution >= 0.6 is 0 Å². The van der Waals surface area contributed by atoms with Gasteiger partial charge in [0.25, 0.3) is 5.91 Å². The van der Waals surface area contributed by atoms with Crippen molar-refractivity contribution in [3.8, 4) is 5.75 Å². The Bertz CT molecular complexity index is 854. The van der Waals surface area contributed by atoms with Crippen molar-refractivity contribution in [2.24, 2.45) is 0 Å². The summed E-state index contributed by atoms with van der Waals surface area (Å²) in [6.45, 7) is 0.748. The zero-order valence-electron chi connectivity index (χ0n) is 13.5. The summed E-state index contributed by atoms with van der Waals surface area (Å²) in [5.74, 6) is 1.59. The molecule has 5 heteroatoms. The van der Waals surface area contributed by atoms with Gasteiger partial charge in [-0.05, 0) is 43.2 Å². The Morgan fingerprint density at radius 1 is 1.25 bits per heavy atom. The molecule has 1 atom stereocenters. The van der Waals surface area contributed by atoms with E-state index in [2.05, 4.69) is 9.97 Å². The van der Waals surface area contributed by atoms with Crippen LogP contribution in [0, 0.1) is 0 Å². The smallest absolute Gasteiger partial charge is 0.254 e. The molecular formula is C19H19N3O2. The highest BCUT2D eigenvalue weighted by atomic mass is 16.5. The van der Waals surface area contributed by atoms with Crippen LogP contribution < -0.4 is 4.74 Å². The fourth-order valence-electron chi connectivity index (χ4n) is 3.35. The van der Waals surface area contributed by atoms with Crippen molar-refractivity contribution in [2.45, 2.75) is 18.9 Å². The summed E-state index contributed by atoms with van der Waals surface area (Å²) in [6, 6.07) is 15.3. The van der Waals surface area contributed by atoms with Crippen LogP contribution in [0.2, 0.25) is 0 Å². The highest BCUT2D eigenvalue weighted by Crippen LogP contribution is 2.33. The predicted molar refractivity (Wildman–Crippen MR) is 92.1 cm³/mol. The Morgan fingerprint density at radius 2 is 2.12 bits per heavy atom. The number of benzene rings is 2. The maximum Gasteiger partial charge on any atom is 0.254 e. The second kappa shape index (κ2) is 6.00. The van der Waals surface area contributed by atoms with Crippen molar-refractivity contribution in [3.05, 3.63) is 59.9 Å². The number of likely N-dealkylation sites (tertiary alicyclic amines) is 1. The summed E-state index contributed by atoms with van der Waals surface area (Å²) >= 11 is 0. The van der Waals surface area contributed by atoms with Gasteiger partial charge < -0.3 is 14.6 Å². The van der Waals surface area contributed by atoms with Crippen LogP contribution in [0.4, 0.5) is 0 Å². The number of aromatic amines is 1. The summed E-state index contributed by atoms with van der Waals surface area (Å²) < 4.78 is 5.23. The van der Waals surface area contributed by atoms with E-state index in [-0.39, 0.29) is 11.9 Å². The van der Waals surface area contributed by atoms with E-state index >= 15 is 0 Å². The maximum absolute atomic E-state index is 12.9. The monoisotopic (exact) mass is 321 g/mol. The number of H-pyrrole nitrogens is 1. The summed E-state index contributed by atoms with van der Waals surface area (Å²) in [6.07, 6.45) is 1.91. The standard InChI is InChI=1S/C19H19N3O2/c1-24-14-7-4-6-13(12-14)19(23)22-11-5-10-17(22)18-20-15-8-2-3-9-16(15)21-18/h2-4,6-9,12,17H,5,10-11H2,1H3,(H,20,21)/t17-/m1/s1. The molecule has 1 saturated heterocycles. The molecule has 1 fully saturated rings. The van der Waals surface area contributed by atoms with Gasteiger partial charge in [-0.1, -0.05) is 18.2 Å². The number of amides is 1. The molecule has 0 saturated carbocycles. The van der Waals surface area contributed by atoms with Gasteiger partial charge in [0, 0.05) is 12.1 Å². The van der Waals surface area contributed by atoms with Crippen LogP contribution in [0.1, 0.15) is 35.1 Å². The number of carbonyl (C=O) groups is 1. The number of para-hydroxylation sites is 2. The van der Waals surface area contributed by atoms with E-state index in [9.17, 15) is 4.79 Å². The summed E-state index contributed by atoms with van der Waals surface area (Å²) in [5.41, 5.74) is 2.60. The largest absolute Gasteiger partial charge is 0.497 e. The first-order chi connectivity index (χ1) is 11.8. The number of imidazole rings is 1. The minimum Gasteiger partial charge on any atom is -0.497 e. The zero-order chi connectivity index (χ0) is 16.5. The molecule has 1 aliphatic rings. The number of carbonyl (C=O) groups excluding carboxylic acids is 1. The first-order valence-electron chi connectivity index (χ1n) is 8.16. The van der Waals surface area contributed by atoms with Crippen molar-refractivity contribution in [3.63, 3.8) is 0 Å². The third-order valence-corrected chi connectivity index (χ3v) is 4.55. The van der Waals surface area contributed by atoms with Crippen LogP contribution in [0.5, 0.6) is 5.75 Å². The molecule has 24 heavy (non-hydrogen) atoms. The number of nitrogens with zero attached hydrogens (tertiary/aromatic N) is 2. The summed E-state index contributed by atoms with van der Waals surface area (Å²) in [4.78, 5) is 22.9. The van der Waals surface area contributed by atoms with E-state index in [1.54, 1.807) is 13.2 Å². The normalized spacial score (nSPS) is 17.4. The molecule has 0 spiro atoms. The minimum absolute atomic E-state index is 0.00361. The molecule has 2 aromatic carbocycles. The zero-order valence-corrected chi connectivity index (χ0v) is 13.5. The molecule has 5 nitrogen and oxygen atoms in total. The average Bonchev–Trinajstić information content (AvgIpc) is 3.27.